The zero-order valence-electron chi connectivity index (χ0n) is 17.2. The highest BCUT2D eigenvalue weighted by Crippen LogP contribution is 2.36. The Kier molecular flexibility index (Phi) is 10.6. The van der Waals surface area contributed by atoms with E-state index in [-0.39, 0.29) is 18.4 Å². The molecule has 0 aromatic carbocycles. The van der Waals surface area contributed by atoms with Crippen LogP contribution >= 0.6 is 11.3 Å². The van der Waals surface area contributed by atoms with Gasteiger partial charge in [-0.3, -0.25) is 0 Å². The maximum absolute atomic E-state index is 10.3. The van der Waals surface area contributed by atoms with Gasteiger partial charge in [0.15, 0.2) is 0 Å². The minimum Gasteiger partial charge on any atom is -0.394 e. The summed E-state index contributed by atoms with van der Waals surface area (Å²) in [7, 11) is 0. The second-order valence-electron chi connectivity index (χ2n) is 8.09. The summed E-state index contributed by atoms with van der Waals surface area (Å²) in [5.74, 6) is -0.225. The van der Waals surface area contributed by atoms with E-state index in [1.165, 1.54) is 9.75 Å². The Balaban J connectivity index is 1.79. The molecule has 29 heavy (non-hydrogen) atoms. The molecule has 0 bridgehead atoms. The van der Waals surface area contributed by atoms with Crippen LogP contribution < -0.4 is 0 Å². The van der Waals surface area contributed by atoms with Crippen molar-refractivity contribution in [1.29, 1.82) is 0 Å². The van der Waals surface area contributed by atoms with Crippen LogP contribution in [0.15, 0.2) is 36.4 Å². The molecule has 1 aromatic heterocycles. The van der Waals surface area contributed by atoms with Crippen molar-refractivity contribution < 1.29 is 25.5 Å². The topological polar surface area (TPSA) is 101 Å². The van der Waals surface area contributed by atoms with Gasteiger partial charge in [-0.2, -0.15) is 0 Å². The molecule has 5 N–H and O–H groups in total. The Morgan fingerprint density at radius 2 is 1.93 bits per heavy atom. The average molecular weight is 425 g/mol. The van der Waals surface area contributed by atoms with Gasteiger partial charge in [-0.15, -0.1) is 11.3 Å². The zero-order chi connectivity index (χ0) is 21.2. The van der Waals surface area contributed by atoms with Gasteiger partial charge in [0.1, 0.15) is 0 Å². The van der Waals surface area contributed by atoms with Crippen LogP contribution in [0.3, 0.4) is 0 Å². The largest absolute Gasteiger partial charge is 0.394 e. The first kappa shape index (κ1) is 24.3. The summed E-state index contributed by atoms with van der Waals surface area (Å²) in [5, 5.41) is 49.0. The number of aliphatic hydroxyl groups excluding tert-OH is 5. The van der Waals surface area contributed by atoms with Crippen LogP contribution in [0.5, 0.6) is 0 Å². The van der Waals surface area contributed by atoms with Crippen LogP contribution in [0.25, 0.3) is 0 Å². The van der Waals surface area contributed by atoms with Gasteiger partial charge in [0.25, 0.3) is 0 Å². The SMILES string of the molecule is Cc1ccc(CC[C@H](O)/C=C/[C@@H]2[C@@H](C/C=C\CCC[C@@H](O)CO)[C@@H](O)C[C@H]2O)s1. The minimum atomic E-state index is -0.653. The van der Waals surface area contributed by atoms with E-state index in [1.807, 2.05) is 18.2 Å². The Morgan fingerprint density at radius 3 is 2.62 bits per heavy atom. The quantitative estimate of drug-likeness (QED) is 0.262. The molecule has 1 saturated carbocycles. The standard InChI is InChI=1S/C23H36O5S/c1-16-8-11-19(29-16)12-9-17(25)10-13-21-20(22(27)14-23(21)28)7-5-3-2-4-6-18(26)15-24/h3,5,8,10-11,13,17-18,20-28H,2,4,6-7,9,12,14-15H2,1H3/b5-3-,13-10+/t17-,18+,20+,21+,22-,23+/m0/s1. The van der Waals surface area contributed by atoms with Gasteiger partial charge in [0.05, 0.1) is 31.0 Å². The summed E-state index contributed by atoms with van der Waals surface area (Å²) in [6.45, 7) is 1.87. The summed E-state index contributed by atoms with van der Waals surface area (Å²) in [6, 6.07) is 4.19. The van der Waals surface area contributed by atoms with E-state index in [0.717, 1.165) is 19.3 Å². The molecule has 1 fully saturated rings. The maximum atomic E-state index is 10.3. The van der Waals surface area contributed by atoms with Crippen LogP contribution in [-0.2, 0) is 6.42 Å². The predicted octanol–water partition coefficient (Wildman–Crippen LogP) is 2.73. The minimum absolute atomic E-state index is 0.0623. The molecule has 6 atom stereocenters. The normalized spacial score (nSPS) is 27.2. The summed E-state index contributed by atoms with van der Waals surface area (Å²) < 4.78 is 0. The van der Waals surface area contributed by atoms with E-state index in [1.54, 1.807) is 17.4 Å². The third kappa shape index (κ3) is 8.32. The molecule has 2 rings (SSSR count). The molecule has 1 aromatic rings. The Bertz CT molecular complexity index is 641. The van der Waals surface area contributed by atoms with Crippen molar-refractivity contribution in [3.05, 3.63) is 46.2 Å². The first-order chi connectivity index (χ1) is 13.9. The second-order valence-corrected chi connectivity index (χ2v) is 9.46. The number of allylic oxidation sites excluding steroid dienone is 2. The highest BCUT2D eigenvalue weighted by Gasteiger charge is 2.39. The summed E-state index contributed by atoms with van der Waals surface area (Å²) in [6.07, 6.45) is 10.0. The molecule has 1 aliphatic carbocycles. The third-order valence-corrected chi connectivity index (χ3v) is 6.71. The fraction of sp³-hybridized carbons (Fsp3) is 0.652. The van der Waals surface area contributed by atoms with E-state index in [2.05, 4.69) is 19.1 Å². The summed E-state index contributed by atoms with van der Waals surface area (Å²) in [5.41, 5.74) is 0. The highest BCUT2D eigenvalue weighted by molar-refractivity contribution is 7.11. The molecule has 6 heteroatoms. The van der Waals surface area contributed by atoms with E-state index in [4.69, 9.17) is 5.11 Å². The molecule has 0 unspecified atom stereocenters. The monoisotopic (exact) mass is 424 g/mol. The van der Waals surface area contributed by atoms with Crippen molar-refractivity contribution in [2.24, 2.45) is 11.8 Å². The van der Waals surface area contributed by atoms with Crippen LogP contribution in [-0.4, -0.2) is 56.6 Å². The van der Waals surface area contributed by atoms with Gasteiger partial charge in [0, 0.05) is 22.1 Å². The van der Waals surface area contributed by atoms with E-state index in [9.17, 15) is 20.4 Å². The Morgan fingerprint density at radius 1 is 1.14 bits per heavy atom. The van der Waals surface area contributed by atoms with E-state index >= 15 is 0 Å². The number of aryl methyl sites for hydroxylation is 2. The lowest BCUT2D eigenvalue weighted by atomic mass is 9.89. The van der Waals surface area contributed by atoms with Gasteiger partial charge in [-0.05, 0) is 63.5 Å². The zero-order valence-corrected chi connectivity index (χ0v) is 18.0. The molecular weight excluding hydrogens is 388 g/mol. The van der Waals surface area contributed by atoms with Crippen LogP contribution in [0.1, 0.15) is 48.3 Å². The molecule has 5 nitrogen and oxygen atoms in total. The number of aliphatic hydroxyl groups is 5. The highest BCUT2D eigenvalue weighted by atomic mass is 32.1. The molecule has 0 amide bonds. The first-order valence-electron chi connectivity index (χ1n) is 10.6. The van der Waals surface area contributed by atoms with Crippen molar-refractivity contribution in [3.63, 3.8) is 0 Å². The van der Waals surface area contributed by atoms with Crippen molar-refractivity contribution in [1.82, 2.24) is 0 Å². The lowest BCUT2D eigenvalue weighted by Crippen LogP contribution is -2.20. The molecule has 0 saturated heterocycles. The van der Waals surface area contributed by atoms with Gasteiger partial charge in [0.2, 0.25) is 0 Å². The summed E-state index contributed by atoms with van der Waals surface area (Å²) in [4.78, 5) is 2.54. The van der Waals surface area contributed by atoms with Crippen LogP contribution in [0.4, 0.5) is 0 Å². The van der Waals surface area contributed by atoms with Crippen LogP contribution in [0.2, 0.25) is 0 Å². The fourth-order valence-electron chi connectivity index (χ4n) is 3.90. The number of hydrogen-bond acceptors (Lipinski definition) is 6. The van der Waals surface area contributed by atoms with Crippen molar-refractivity contribution in [3.8, 4) is 0 Å². The number of hydrogen-bond donors (Lipinski definition) is 5. The molecular formula is C23H36O5S. The lowest BCUT2D eigenvalue weighted by molar-refractivity contribution is 0.0868. The smallest absolute Gasteiger partial charge is 0.0771 e. The predicted molar refractivity (Wildman–Crippen MR) is 117 cm³/mol. The molecule has 1 heterocycles. The van der Waals surface area contributed by atoms with Crippen LogP contribution in [0, 0.1) is 18.8 Å². The molecule has 0 aliphatic heterocycles. The molecule has 0 spiro atoms. The Labute approximate surface area is 178 Å². The molecule has 164 valence electrons. The van der Waals surface area contributed by atoms with Crippen molar-refractivity contribution >= 4 is 11.3 Å². The Hall–Kier alpha value is -1.02. The summed E-state index contributed by atoms with van der Waals surface area (Å²) >= 11 is 1.75. The fourth-order valence-corrected chi connectivity index (χ4v) is 4.81. The van der Waals surface area contributed by atoms with Crippen molar-refractivity contribution in [2.75, 3.05) is 6.61 Å². The van der Waals surface area contributed by atoms with Gasteiger partial charge in [-0.25, -0.2) is 0 Å². The van der Waals surface area contributed by atoms with Gasteiger partial charge in [-0.1, -0.05) is 24.3 Å². The third-order valence-electron chi connectivity index (χ3n) is 5.65. The van der Waals surface area contributed by atoms with Gasteiger partial charge < -0.3 is 25.5 Å². The maximum Gasteiger partial charge on any atom is 0.0771 e. The first-order valence-corrected chi connectivity index (χ1v) is 11.4. The average Bonchev–Trinajstić information content (AvgIpc) is 3.23. The van der Waals surface area contributed by atoms with E-state index < -0.39 is 24.4 Å². The van der Waals surface area contributed by atoms with E-state index in [0.29, 0.717) is 25.7 Å². The second kappa shape index (κ2) is 12.6. The number of rotatable bonds is 12. The lowest BCUT2D eigenvalue weighted by Gasteiger charge is -2.19. The van der Waals surface area contributed by atoms with Gasteiger partial charge >= 0.3 is 0 Å². The molecule has 1 aliphatic rings. The number of thiophene rings is 1. The number of unbranched alkanes of at least 4 members (excludes halogenated alkanes) is 1. The molecule has 0 radical (unpaired) electrons. The van der Waals surface area contributed by atoms with Crippen molar-refractivity contribution in [2.45, 2.75) is 76.3 Å².